The lowest BCUT2D eigenvalue weighted by Gasteiger charge is -2.33. The van der Waals surface area contributed by atoms with Crippen LogP contribution in [0.1, 0.15) is 24.3 Å². The first kappa shape index (κ1) is 18.8. The minimum absolute atomic E-state index is 0.0419. The Morgan fingerprint density at radius 1 is 1.29 bits per heavy atom. The Hall–Kier alpha value is -1.57. The van der Waals surface area contributed by atoms with E-state index in [1.165, 1.54) is 6.07 Å². The molecule has 2 atom stereocenters. The number of carbonyl (C=O) groups excluding carboxylic acids is 1. The summed E-state index contributed by atoms with van der Waals surface area (Å²) < 4.78 is 36.8. The highest BCUT2D eigenvalue weighted by Gasteiger charge is 2.28. The minimum atomic E-state index is -0.860. The number of nitrogens with one attached hydrogen (secondary N) is 2. The molecule has 2 N–H and O–H groups in total. The van der Waals surface area contributed by atoms with Gasteiger partial charge in [-0.2, -0.15) is 0 Å². The van der Waals surface area contributed by atoms with Crippen LogP contribution in [0.3, 0.4) is 0 Å². The van der Waals surface area contributed by atoms with Gasteiger partial charge in [0.2, 0.25) is 5.91 Å². The fourth-order valence-corrected chi connectivity index (χ4v) is 2.84. The van der Waals surface area contributed by atoms with E-state index in [4.69, 9.17) is 9.47 Å². The average molecular weight is 342 g/mol. The molecule has 7 heteroatoms. The number of rotatable bonds is 8. The molecule has 1 fully saturated rings. The number of ether oxygens (including phenoxy) is 2. The van der Waals surface area contributed by atoms with Crippen LogP contribution < -0.4 is 10.6 Å². The molecule has 1 saturated heterocycles. The predicted octanol–water partition coefficient (Wildman–Crippen LogP) is 1.58. The van der Waals surface area contributed by atoms with Gasteiger partial charge >= 0.3 is 0 Å². The molecule has 1 aliphatic heterocycles. The van der Waals surface area contributed by atoms with E-state index in [-0.39, 0.29) is 24.3 Å². The van der Waals surface area contributed by atoms with Crippen LogP contribution in [0.2, 0.25) is 0 Å². The molecule has 0 aliphatic carbocycles. The largest absolute Gasteiger partial charge is 0.382 e. The maximum atomic E-state index is 13.5. The third-order valence-electron chi connectivity index (χ3n) is 4.11. The van der Waals surface area contributed by atoms with Crippen LogP contribution in [-0.4, -0.2) is 52.0 Å². The van der Waals surface area contributed by atoms with Gasteiger partial charge < -0.3 is 20.1 Å². The molecule has 5 nitrogen and oxygen atoms in total. The zero-order chi connectivity index (χ0) is 17.4. The minimum Gasteiger partial charge on any atom is -0.382 e. The van der Waals surface area contributed by atoms with Crippen molar-refractivity contribution < 1.29 is 23.0 Å². The van der Waals surface area contributed by atoms with Crippen molar-refractivity contribution in [3.8, 4) is 0 Å². The Morgan fingerprint density at radius 3 is 2.88 bits per heavy atom. The van der Waals surface area contributed by atoms with Gasteiger partial charge in [-0.1, -0.05) is 6.07 Å². The van der Waals surface area contributed by atoms with Crippen LogP contribution >= 0.6 is 0 Å². The lowest BCUT2D eigenvalue weighted by molar-refractivity contribution is -0.123. The highest BCUT2D eigenvalue weighted by atomic mass is 19.2. The van der Waals surface area contributed by atoms with Gasteiger partial charge in [0.15, 0.2) is 11.6 Å². The SMILES string of the molecule is COCCOCCC(=O)NC1CNCCC1c1ccc(F)c(F)c1. The molecule has 0 bridgehead atoms. The molecule has 1 heterocycles. The summed E-state index contributed by atoms with van der Waals surface area (Å²) in [6.45, 7) is 2.64. The maximum Gasteiger partial charge on any atom is 0.222 e. The molecule has 0 aromatic heterocycles. The lowest BCUT2D eigenvalue weighted by atomic mass is 9.86. The topological polar surface area (TPSA) is 59.6 Å². The number of amides is 1. The highest BCUT2D eigenvalue weighted by molar-refractivity contribution is 5.76. The molecule has 2 unspecified atom stereocenters. The highest BCUT2D eigenvalue weighted by Crippen LogP contribution is 2.27. The van der Waals surface area contributed by atoms with Gasteiger partial charge in [-0.3, -0.25) is 4.79 Å². The van der Waals surface area contributed by atoms with E-state index in [1.807, 2.05) is 0 Å². The zero-order valence-electron chi connectivity index (χ0n) is 13.8. The smallest absolute Gasteiger partial charge is 0.222 e. The van der Waals surface area contributed by atoms with Gasteiger partial charge in [0.05, 0.1) is 19.8 Å². The predicted molar refractivity (Wildman–Crippen MR) is 85.8 cm³/mol. The van der Waals surface area contributed by atoms with Gasteiger partial charge in [0, 0.05) is 32.0 Å². The Labute approximate surface area is 140 Å². The van der Waals surface area contributed by atoms with Gasteiger partial charge in [-0.25, -0.2) is 8.78 Å². The molecule has 1 aromatic rings. The molecule has 1 aromatic carbocycles. The fraction of sp³-hybridized carbons (Fsp3) is 0.588. The second-order valence-corrected chi connectivity index (χ2v) is 5.80. The molecule has 0 spiro atoms. The molecular weight excluding hydrogens is 318 g/mol. The Kier molecular flexibility index (Phi) is 7.55. The third-order valence-corrected chi connectivity index (χ3v) is 4.11. The molecule has 1 amide bonds. The normalized spacial score (nSPS) is 20.8. The molecule has 134 valence electrons. The average Bonchev–Trinajstić information content (AvgIpc) is 2.58. The van der Waals surface area contributed by atoms with Crippen molar-refractivity contribution in [2.45, 2.75) is 24.8 Å². The van der Waals surface area contributed by atoms with E-state index < -0.39 is 11.6 Å². The number of carbonyl (C=O) groups is 1. The van der Waals surface area contributed by atoms with Gasteiger partial charge in [0.25, 0.3) is 0 Å². The van der Waals surface area contributed by atoms with Crippen LogP contribution in [0.15, 0.2) is 18.2 Å². The van der Waals surface area contributed by atoms with Crippen molar-refractivity contribution in [2.24, 2.45) is 0 Å². The molecule has 0 saturated carbocycles. The molecular formula is C17H24F2N2O3. The van der Waals surface area contributed by atoms with Crippen molar-refractivity contribution in [1.29, 1.82) is 0 Å². The third kappa shape index (κ3) is 5.51. The van der Waals surface area contributed by atoms with Crippen LogP contribution in [0, 0.1) is 11.6 Å². The van der Waals surface area contributed by atoms with Crippen molar-refractivity contribution >= 4 is 5.91 Å². The summed E-state index contributed by atoms with van der Waals surface area (Å²) in [5.74, 6) is -1.88. The summed E-state index contributed by atoms with van der Waals surface area (Å²) in [4.78, 5) is 12.1. The monoisotopic (exact) mass is 342 g/mol. The number of benzene rings is 1. The first-order valence-corrected chi connectivity index (χ1v) is 8.13. The Balaban J connectivity index is 1.89. The summed E-state index contributed by atoms with van der Waals surface area (Å²) in [6, 6.07) is 3.78. The molecule has 2 rings (SSSR count). The van der Waals surface area contributed by atoms with Gasteiger partial charge in [-0.15, -0.1) is 0 Å². The van der Waals surface area contributed by atoms with E-state index in [1.54, 1.807) is 13.2 Å². The van der Waals surface area contributed by atoms with E-state index in [2.05, 4.69) is 10.6 Å². The van der Waals surface area contributed by atoms with Crippen LogP contribution in [0.25, 0.3) is 0 Å². The van der Waals surface area contributed by atoms with Crippen LogP contribution in [0.4, 0.5) is 8.78 Å². The van der Waals surface area contributed by atoms with Crippen molar-refractivity contribution in [3.05, 3.63) is 35.4 Å². The first-order chi connectivity index (χ1) is 11.6. The van der Waals surface area contributed by atoms with Crippen molar-refractivity contribution in [1.82, 2.24) is 10.6 Å². The fourth-order valence-electron chi connectivity index (χ4n) is 2.84. The Bertz CT molecular complexity index is 543. The lowest BCUT2D eigenvalue weighted by Crippen LogP contribution is -2.50. The van der Waals surface area contributed by atoms with Gasteiger partial charge in [0.1, 0.15) is 0 Å². The molecule has 1 aliphatic rings. The van der Waals surface area contributed by atoms with Crippen LogP contribution in [-0.2, 0) is 14.3 Å². The molecule has 0 radical (unpaired) electrons. The van der Waals surface area contributed by atoms with Crippen LogP contribution in [0.5, 0.6) is 0 Å². The van der Waals surface area contributed by atoms with Gasteiger partial charge in [-0.05, 0) is 30.7 Å². The number of hydrogen-bond donors (Lipinski definition) is 2. The maximum absolute atomic E-state index is 13.5. The number of hydrogen-bond acceptors (Lipinski definition) is 4. The summed E-state index contributed by atoms with van der Waals surface area (Å²) >= 11 is 0. The number of halogens is 2. The summed E-state index contributed by atoms with van der Waals surface area (Å²) in [7, 11) is 1.59. The summed E-state index contributed by atoms with van der Waals surface area (Å²) in [6.07, 6.45) is 1.01. The van der Waals surface area contributed by atoms with E-state index in [0.29, 0.717) is 31.9 Å². The quantitative estimate of drug-likeness (QED) is 0.704. The summed E-state index contributed by atoms with van der Waals surface area (Å²) in [5.41, 5.74) is 0.706. The second-order valence-electron chi connectivity index (χ2n) is 5.80. The second kappa shape index (κ2) is 9.66. The van der Waals surface area contributed by atoms with E-state index >= 15 is 0 Å². The number of piperidine rings is 1. The standard InChI is InChI=1S/C17H24F2N2O3/c1-23-8-9-24-7-5-17(22)21-16-11-20-6-4-13(16)12-2-3-14(18)15(19)10-12/h2-3,10,13,16,20H,4-9,11H2,1H3,(H,21,22). The summed E-state index contributed by atoms with van der Waals surface area (Å²) in [5, 5.41) is 6.18. The molecule has 24 heavy (non-hydrogen) atoms. The first-order valence-electron chi connectivity index (χ1n) is 8.13. The van der Waals surface area contributed by atoms with E-state index in [9.17, 15) is 13.6 Å². The number of methoxy groups -OCH3 is 1. The van der Waals surface area contributed by atoms with Crippen molar-refractivity contribution in [2.75, 3.05) is 40.0 Å². The van der Waals surface area contributed by atoms with E-state index in [0.717, 1.165) is 19.0 Å². The Morgan fingerprint density at radius 2 is 2.12 bits per heavy atom. The zero-order valence-corrected chi connectivity index (χ0v) is 13.8. The van der Waals surface area contributed by atoms with Crippen molar-refractivity contribution in [3.63, 3.8) is 0 Å².